The molecule has 2 heterocycles. The standard InChI is InChI=1S/C9H8ClN3S2/c1-5-3-6(2)11-7(4-5)12-9-8(10)13-15-14-9/h3-4H,1-2H3/b12-9-. The van der Waals surface area contributed by atoms with E-state index in [2.05, 4.69) is 14.3 Å². The van der Waals surface area contributed by atoms with Gasteiger partial charge in [-0.15, -0.1) is 0 Å². The van der Waals surface area contributed by atoms with Gasteiger partial charge in [0.25, 0.3) is 0 Å². The van der Waals surface area contributed by atoms with Crippen LogP contribution in [0.25, 0.3) is 0 Å². The molecule has 15 heavy (non-hydrogen) atoms. The third kappa shape index (κ3) is 2.62. The van der Waals surface area contributed by atoms with Gasteiger partial charge in [0.2, 0.25) is 0 Å². The largest absolute Gasteiger partial charge is 0.234 e. The van der Waals surface area contributed by atoms with Gasteiger partial charge in [-0.3, -0.25) is 0 Å². The maximum Gasteiger partial charge on any atom is 0.179 e. The van der Waals surface area contributed by atoms with Crippen LogP contribution in [0, 0.1) is 13.8 Å². The molecule has 0 aromatic carbocycles. The highest BCUT2D eigenvalue weighted by Crippen LogP contribution is 2.13. The molecule has 0 spiro atoms. The molecule has 6 heteroatoms. The Morgan fingerprint density at radius 2 is 2.13 bits per heavy atom. The third-order valence-electron chi connectivity index (χ3n) is 1.71. The molecule has 3 nitrogen and oxygen atoms in total. The first kappa shape index (κ1) is 10.7. The number of nitrogens with zero attached hydrogens (tertiary/aromatic N) is 3. The lowest BCUT2D eigenvalue weighted by molar-refractivity contribution is 1.14. The molecular weight excluding hydrogens is 250 g/mol. The Bertz CT molecular complexity index is 524. The molecule has 0 unspecified atom stereocenters. The number of pyridine rings is 1. The first-order chi connectivity index (χ1) is 7.15. The van der Waals surface area contributed by atoms with Crippen molar-refractivity contribution in [3.8, 4) is 0 Å². The molecule has 2 aromatic rings. The molecule has 2 aromatic heterocycles. The molecular formula is C9H8ClN3S2. The normalized spacial score (nSPS) is 12.1. The van der Waals surface area contributed by atoms with Crippen LogP contribution in [0.5, 0.6) is 0 Å². The van der Waals surface area contributed by atoms with E-state index in [-0.39, 0.29) is 0 Å². The Balaban J connectivity index is 2.53. The number of rotatable bonds is 1. The van der Waals surface area contributed by atoms with Crippen LogP contribution < -0.4 is 4.67 Å². The molecule has 0 radical (unpaired) electrons. The van der Waals surface area contributed by atoms with E-state index in [4.69, 9.17) is 11.6 Å². The zero-order valence-electron chi connectivity index (χ0n) is 8.19. The summed E-state index contributed by atoms with van der Waals surface area (Å²) in [7, 11) is 2.78. The van der Waals surface area contributed by atoms with Gasteiger partial charge in [-0.1, -0.05) is 11.6 Å². The quantitative estimate of drug-likeness (QED) is 0.737. The summed E-state index contributed by atoms with van der Waals surface area (Å²) in [4.78, 5) is 8.65. The lowest BCUT2D eigenvalue weighted by Gasteiger charge is -1.97. The minimum Gasteiger partial charge on any atom is -0.234 e. The second-order valence-electron chi connectivity index (χ2n) is 3.10. The van der Waals surface area contributed by atoms with Gasteiger partial charge in [0.1, 0.15) is 0 Å². The molecule has 0 saturated carbocycles. The van der Waals surface area contributed by atoms with Crippen molar-refractivity contribution in [3.05, 3.63) is 33.2 Å². The van der Waals surface area contributed by atoms with Crippen LogP contribution in [0.4, 0.5) is 5.82 Å². The summed E-state index contributed by atoms with van der Waals surface area (Å²) in [5, 5.41) is 0.450. The van der Waals surface area contributed by atoms with Gasteiger partial charge in [-0.2, -0.15) is 4.37 Å². The van der Waals surface area contributed by atoms with Crippen molar-refractivity contribution in [2.75, 3.05) is 0 Å². The highest BCUT2D eigenvalue weighted by Gasteiger charge is 1.99. The second-order valence-corrected chi connectivity index (χ2v) is 5.29. The first-order valence-corrected chi connectivity index (χ1v) is 6.75. The molecule has 0 aliphatic rings. The molecule has 0 N–H and O–H groups in total. The van der Waals surface area contributed by atoms with Gasteiger partial charge >= 0.3 is 0 Å². The van der Waals surface area contributed by atoms with Crippen molar-refractivity contribution in [1.29, 1.82) is 0 Å². The molecule has 2 rings (SSSR count). The zero-order chi connectivity index (χ0) is 10.8. The summed E-state index contributed by atoms with van der Waals surface area (Å²) < 4.78 is 4.68. The molecule has 0 atom stereocenters. The fraction of sp³-hybridized carbons (Fsp3) is 0.222. The Morgan fingerprint density at radius 1 is 1.33 bits per heavy atom. The maximum atomic E-state index is 5.86. The number of aryl methyl sites for hydroxylation is 2. The van der Waals surface area contributed by atoms with E-state index >= 15 is 0 Å². The molecule has 78 valence electrons. The minimum atomic E-state index is 0.450. The summed E-state index contributed by atoms with van der Waals surface area (Å²) in [5.74, 6) is 0.686. The fourth-order valence-electron chi connectivity index (χ4n) is 1.21. The van der Waals surface area contributed by atoms with E-state index in [0.717, 1.165) is 15.9 Å². The maximum absolute atomic E-state index is 5.86. The van der Waals surface area contributed by atoms with Gasteiger partial charge < -0.3 is 0 Å². The SMILES string of the molecule is Cc1cc(C)nc(/N=c2\ssnc2Cl)c1. The van der Waals surface area contributed by atoms with Gasteiger partial charge in [-0.25, -0.2) is 9.98 Å². The number of aromatic nitrogens is 2. The Morgan fingerprint density at radius 3 is 2.73 bits per heavy atom. The highest BCUT2D eigenvalue weighted by atomic mass is 35.5. The molecule has 0 fully saturated rings. The summed E-state index contributed by atoms with van der Waals surface area (Å²) in [6.45, 7) is 3.97. The van der Waals surface area contributed by atoms with Crippen molar-refractivity contribution >= 4 is 38.3 Å². The second kappa shape index (κ2) is 4.38. The van der Waals surface area contributed by atoms with E-state index in [1.165, 1.54) is 20.9 Å². The van der Waals surface area contributed by atoms with Gasteiger partial charge in [0, 0.05) is 16.2 Å². The molecule has 0 aliphatic heterocycles. The van der Waals surface area contributed by atoms with Crippen molar-refractivity contribution in [2.45, 2.75) is 13.8 Å². The van der Waals surface area contributed by atoms with Crippen molar-refractivity contribution in [3.63, 3.8) is 0 Å². The summed E-state index contributed by atoms with van der Waals surface area (Å²) in [6, 6.07) is 3.93. The Kier molecular flexibility index (Phi) is 3.14. The van der Waals surface area contributed by atoms with E-state index in [9.17, 15) is 0 Å². The van der Waals surface area contributed by atoms with Gasteiger partial charge in [0.05, 0.1) is 0 Å². The van der Waals surface area contributed by atoms with Crippen LogP contribution in [-0.4, -0.2) is 9.36 Å². The summed E-state index contributed by atoms with van der Waals surface area (Å²) >= 11 is 5.86. The molecule has 0 bridgehead atoms. The molecule has 0 saturated heterocycles. The lowest BCUT2D eigenvalue weighted by atomic mass is 10.2. The number of hydrogen-bond acceptors (Lipinski definition) is 5. The van der Waals surface area contributed by atoms with Crippen LogP contribution in [0.1, 0.15) is 11.3 Å². The number of hydrogen-bond donors (Lipinski definition) is 0. The van der Waals surface area contributed by atoms with E-state index in [1.807, 2.05) is 26.0 Å². The van der Waals surface area contributed by atoms with Crippen molar-refractivity contribution in [1.82, 2.24) is 9.36 Å². The third-order valence-corrected chi connectivity index (χ3v) is 3.88. The molecule has 0 amide bonds. The van der Waals surface area contributed by atoms with E-state index in [1.54, 1.807) is 0 Å². The van der Waals surface area contributed by atoms with Gasteiger partial charge in [0.15, 0.2) is 15.6 Å². The smallest absolute Gasteiger partial charge is 0.179 e. The van der Waals surface area contributed by atoms with Crippen molar-refractivity contribution in [2.24, 2.45) is 4.99 Å². The Labute approximate surface area is 99.7 Å². The average Bonchev–Trinajstić information content (AvgIpc) is 2.50. The van der Waals surface area contributed by atoms with Gasteiger partial charge in [-0.05, 0) is 41.9 Å². The van der Waals surface area contributed by atoms with E-state index < -0.39 is 0 Å². The molecule has 0 aliphatic carbocycles. The Hall–Kier alpha value is -0.780. The fourth-order valence-corrected chi connectivity index (χ4v) is 3.19. The zero-order valence-corrected chi connectivity index (χ0v) is 10.6. The topological polar surface area (TPSA) is 38.1 Å². The van der Waals surface area contributed by atoms with Crippen LogP contribution in [0.2, 0.25) is 5.15 Å². The predicted molar refractivity (Wildman–Crippen MR) is 63.9 cm³/mol. The van der Waals surface area contributed by atoms with Crippen LogP contribution in [0.3, 0.4) is 0 Å². The van der Waals surface area contributed by atoms with Crippen LogP contribution >= 0.6 is 32.5 Å². The summed E-state index contributed by atoms with van der Waals surface area (Å²) in [5.41, 5.74) is 2.10. The van der Waals surface area contributed by atoms with Crippen molar-refractivity contribution < 1.29 is 0 Å². The van der Waals surface area contributed by atoms with Crippen LogP contribution in [-0.2, 0) is 0 Å². The highest BCUT2D eigenvalue weighted by molar-refractivity contribution is 7.66. The summed E-state index contributed by atoms with van der Waals surface area (Å²) in [6.07, 6.45) is 0. The monoisotopic (exact) mass is 257 g/mol. The average molecular weight is 258 g/mol. The van der Waals surface area contributed by atoms with E-state index in [0.29, 0.717) is 11.0 Å². The minimum absolute atomic E-state index is 0.450. The predicted octanol–water partition coefficient (Wildman–Crippen LogP) is 3.10. The lowest BCUT2D eigenvalue weighted by Crippen LogP contribution is -1.94. The first-order valence-electron chi connectivity index (χ1n) is 4.27. The van der Waals surface area contributed by atoms with Crippen LogP contribution in [0.15, 0.2) is 17.1 Å². The number of halogens is 1.